The molecule has 2 heterocycles. The van der Waals surface area contributed by atoms with Gasteiger partial charge in [0.05, 0.1) is 19.2 Å². The van der Waals surface area contributed by atoms with Gasteiger partial charge in [-0.05, 0) is 48.1 Å². The van der Waals surface area contributed by atoms with Gasteiger partial charge in [-0.3, -0.25) is 0 Å². The highest BCUT2D eigenvalue weighted by Crippen LogP contribution is 2.38. The summed E-state index contributed by atoms with van der Waals surface area (Å²) < 4.78 is 7.87. The lowest BCUT2D eigenvalue weighted by atomic mass is 9.99. The maximum Gasteiger partial charge on any atom is 0.188 e. The van der Waals surface area contributed by atoms with E-state index in [1.165, 1.54) is 0 Å². The van der Waals surface area contributed by atoms with Crippen molar-refractivity contribution in [1.82, 2.24) is 4.57 Å². The average Bonchev–Trinajstić information content (AvgIpc) is 3.24. The molecular formula is C20H19N3O. The first-order chi connectivity index (χ1) is 11.7. The number of fused-ring (bicyclic) bond motifs is 1. The Morgan fingerprint density at radius 2 is 2.12 bits per heavy atom. The molecule has 3 aromatic rings. The van der Waals surface area contributed by atoms with Crippen molar-refractivity contribution in [1.29, 1.82) is 0 Å². The third kappa shape index (κ3) is 2.26. The van der Waals surface area contributed by atoms with Crippen LogP contribution in [0.1, 0.15) is 18.0 Å². The Hall–Kier alpha value is -2.77. The van der Waals surface area contributed by atoms with Crippen molar-refractivity contribution >= 4 is 22.3 Å². The first-order valence-electron chi connectivity index (χ1n) is 8.14. The van der Waals surface area contributed by atoms with Gasteiger partial charge in [0.15, 0.2) is 5.69 Å². The van der Waals surface area contributed by atoms with Crippen LogP contribution in [0.4, 0.5) is 11.4 Å². The predicted octanol–water partition coefficient (Wildman–Crippen LogP) is 4.71. The van der Waals surface area contributed by atoms with Crippen LogP contribution in [-0.4, -0.2) is 17.8 Å². The second-order valence-electron chi connectivity index (χ2n) is 6.30. The summed E-state index contributed by atoms with van der Waals surface area (Å²) in [7, 11) is 0. The summed E-state index contributed by atoms with van der Waals surface area (Å²) in [6.07, 6.45) is 3.21. The molecule has 1 fully saturated rings. The minimum absolute atomic E-state index is 0.349. The molecule has 2 N–H and O–H groups in total. The van der Waals surface area contributed by atoms with Crippen molar-refractivity contribution < 1.29 is 4.74 Å². The third-order valence-corrected chi connectivity index (χ3v) is 4.91. The van der Waals surface area contributed by atoms with Crippen LogP contribution in [0.2, 0.25) is 0 Å². The molecule has 1 unspecified atom stereocenters. The van der Waals surface area contributed by atoms with Gasteiger partial charge in [-0.15, -0.1) is 0 Å². The smallest absolute Gasteiger partial charge is 0.188 e. The molecule has 120 valence electrons. The number of hydrogen-bond donors (Lipinski definition) is 1. The van der Waals surface area contributed by atoms with Crippen molar-refractivity contribution in [2.24, 2.45) is 0 Å². The highest BCUT2D eigenvalue weighted by Gasteiger charge is 2.22. The summed E-state index contributed by atoms with van der Waals surface area (Å²) in [6.45, 7) is 10.9. The molecule has 1 aliphatic heterocycles. The monoisotopic (exact) mass is 317 g/mol. The standard InChI is InChI=1S/C20H19N3O/c1-13-16(4-3-5-19(13)21)18-11-23(15-8-9-24-12-15)20-7-6-14(22-2)10-17(18)20/h3-7,10-11,15H,8-9,12,21H2,1H3. The quantitative estimate of drug-likeness (QED) is 0.549. The lowest BCUT2D eigenvalue weighted by molar-refractivity contribution is 0.187. The summed E-state index contributed by atoms with van der Waals surface area (Å²) in [4.78, 5) is 3.59. The number of anilines is 1. The van der Waals surface area contributed by atoms with Gasteiger partial charge in [0.25, 0.3) is 0 Å². The second-order valence-corrected chi connectivity index (χ2v) is 6.30. The van der Waals surface area contributed by atoms with Crippen LogP contribution in [0.15, 0.2) is 42.6 Å². The van der Waals surface area contributed by atoms with E-state index >= 15 is 0 Å². The van der Waals surface area contributed by atoms with E-state index in [-0.39, 0.29) is 0 Å². The van der Waals surface area contributed by atoms with Crippen LogP contribution in [0.5, 0.6) is 0 Å². The zero-order valence-electron chi connectivity index (χ0n) is 13.6. The zero-order valence-corrected chi connectivity index (χ0v) is 13.6. The number of aromatic nitrogens is 1. The largest absolute Gasteiger partial charge is 0.398 e. The van der Waals surface area contributed by atoms with Crippen LogP contribution in [-0.2, 0) is 4.74 Å². The number of benzene rings is 2. The number of nitrogen functional groups attached to an aromatic ring is 1. The molecule has 0 spiro atoms. The van der Waals surface area contributed by atoms with Crippen molar-refractivity contribution in [2.45, 2.75) is 19.4 Å². The highest BCUT2D eigenvalue weighted by molar-refractivity contribution is 5.99. The van der Waals surface area contributed by atoms with E-state index < -0.39 is 0 Å². The molecule has 4 nitrogen and oxygen atoms in total. The molecule has 4 rings (SSSR count). The van der Waals surface area contributed by atoms with Crippen LogP contribution >= 0.6 is 0 Å². The van der Waals surface area contributed by atoms with Crippen LogP contribution in [0, 0.1) is 13.5 Å². The Bertz CT molecular complexity index is 959. The average molecular weight is 317 g/mol. The Labute approximate surface area is 141 Å². The molecule has 0 aliphatic carbocycles. The Morgan fingerprint density at radius 1 is 1.25 bits per heavy atom. The first kappa shape index (κ1) is 14.8. The van der Waals surface area contributed by atoms with Gasteiger partial charge < -0.3 is 15.0 Å². The molecular weight excluding hydrogens is 298 g/mol. The van der Waals surface area contributed by atoms with Crippen LogP contribution in [0.3, 0.4) is 0 Å². The van der Waals surface area contributed by atoms with E-state index in [1.54, 1.807) is 0 Å². The SMILES string of the molecule is [C-]#[N+]c1ccc2c(c1)c(-c1cccc(N)c1C)cn2C1CCOC1. The minimum atomic E-state index is 0.349. The minimum Gasteiger partial charge on any atom is -0.398 e. The normalized spacial score (nSPS) is 17.2. The Morgan fingerprint density at radius 3 is 2.88 bits per heavy atom. The molecule has 1 saturated heterocycles. The summed E-state index contributed by atoms with van der Waals surface area (Å²) in [6, 6.07) is 12.3. The van der Waals surface area contributed by atoms with Crippen molar-refractivity contribution in [3.63, 3.8) is 0 Å². The van der Waals surface area contributed by atoms with Gasteiger partial charge in [0.2, 0.25) is 0 Å². The molecule has 24 heavy (non-hydrogen) atoms. The predicted molar refractivity (Wildman–Crippen MR) is 97.3 cm³/mol. The molecule has 1 aliphatic rings. The van der Waals surface area contributed by atoms with Gasteiger partial charge in [-0.1, -0.05) is 18.2 Å². The molecule has 1 aromatic heterocycles. The summed E-state index contributed by atoms with van der Waals surface area (Å²) >= 11 is 0. The summed E-state index contributed by atoms with van der Waals surface area (Å²) in [5.41, 5.74) is 12.0. The van der Waals surface area contributed by atoms with Gasteiger partial charge in [-0.25, -0.2) is 4.85 Å². The van der Waals surface area contributed by atoms with Crippen molar-refractivity contribution in [2.75, 3.05) is 18.9 Å². The van der Waals surface area contributed by atoms with E-state index in [2.05, 4.69) is 21.7 Å². The first-order valence-corrected chi connectivity index (χ1v) is 8.14. The molecule has 0 saturated carbocycles. The molecule has 4 heteroatoms. The fourth-order valence-electron chi connectivity index (χ4n) is 3.52. The van der Waals surface area contributed by atoms with E-state index in [1.807, 2.05) is 37.3 Å². The summed E-state index contributed by atoms with van der Waals surface area (Å²) in [5.74, 6) is 0. The molecule has 0 radical (unpaired) electrons. The van der Waals surface area contributed by atoms with Gasteiger partial charge in [0, 0.05) is 29.6 Å². The Kier molecular flexibility index (Phi) is 3.51. The fraction of sp³-hybridized carbons (Fsp3) is 0.250. The number of nitrogens with zero attached hydrogens (tertiary/aromatic N) is 2. The maximum absolute atomic E-state index is 7.32. The number of hydrogen-bond acceptors (Lipinski definition) is 2. The number of nitrogens with two attached hydrogens (primary N) is 1. The molecule has 2 aromatic carbocycles. The van der Waals surface area contributed by atoms with Crippen LogP contribution < -0.4 is 5.73 Å². The molecule has 0 amide bonds. The summed E-state index contributed by atoms with van der Waals surface area (Å²) in [5, 5.41) is 1.10. The lowest BCUT2D eigenvalue weighted by Gasteiger charge is -2.11. The highest BCUT2D eigenvalue weighted by atomic mass is 16.5. The fourth-order valence-corrected chi connectivity index (χ4v) is 3.52. The number of ether oxygens (including phenoxy) is 1. The number of rotatable bonds is 2. The van der Waals surface area contributed by atoms with Crippen LogP contribution in [0.25, 0.3) is 26.9 Å². The molecule has 0 bridgehead atoms. The van der Waals surface area contributed by atoms with Crippen molar-refractivity contribution in [3.05, 3.63) is 59.6 Å². The zero-order chi connectivity index (χ0) is 16.7. The topological polar surface area (TPSA) is 44.5 Å². The van der Waals surface area contributed by atoms with E-state index in [9.17, 15) is 0 Å². The van der Waals surface area contributed by atoms with Gasteiger partial charge in [0.1, 0.15) is 0 Å². The van der Waals surface area contributed by atoms with Crippen molar-refractivity contribution in [3.8, 4) is 11.1 Å². The Balaban J connectivity index is 2.00. The van der Waals surface area contributed by atoms with E-state index in [0.29, 0.717) is 11.7 Å². The van der Waals surface area contributed by atoms with E-state index in [0.717, 1.165) is 52.9 Å². The second kappa shape index (κ2) is 5.70. The maximum atomic E-state index is 7.32. The molecule has 1 atom stereocenters. The van der Waals surface area contributed by atoms with Gasteiger partial charge in [-0.2, -0.15) is 0 Å². The third-order valence-electron chi connectivity index (χ3n) is 4.91. The lowest BCUT2D eigenvalue weighted by Crippen LogP contribution is -2.06. The van der Waals surface area contributed by atoms with Gasteiger partial charge >= 0.3 is 0 Å². The van der Waals surface area contributed by atoms with E-state index in [4.69, 9.17) is 17.0 Å².